The molecule has 2 aliphatic rings. The smallest absolute Gasteiger partial charge is 0.115 e. The predicted molar refractivity (Wildman–Crippen MR) is 114 cm³/mol. The van der Waals surface area contributed by atoms with Crippen LogP contribution in [-0.4, -0.2) is 5.11 Å². The van der Waals surface area contributed by atoms with Gasteiger partial charge in [0.2, 0.25) is 0 Å². The number of hydrogen-bond donors (Lipinski definition) is 1. The minimum atomic E-state index is 0.339. The second kappa shape index (κ2) is 8.33. The Morgan fingerprint density at radius 1 is 0.815 bits per heavy atom. The second-order valence-corrected chi connectivity index (χ2v) is 8.48. The maximum atomic E-state index is 9.76. The van der Waals surface area contributed by atoms with E-state index in [9.17, 15) is 5.11 Å². The molecule has 0 bridgehead atoms. The van der Waals surface area contributed by atoms with Crippen LogP contribution in [0.25, 0.3) is 5.57 Å². The molecule has 1 heteroatoms. The highest BCUT2D eigenvalue weighted by Crippen LogP contribution is 2.47. The van der Waals surface area contributed by atoms with Crippen molar-refractivity contribution in [2.24, 2.45) is 17.8 Å². The zero-order valence-corrected chi connectivity index (χ0v) is 16.5. The van der Waals surface area contributed by atoms with E-state index in [2.05, 4.69) is 49.4 Å². The molecule has 2 saturated carbocycles. The largest absolute Gasteiger partial charge is 0.508 e. The van der Waals surface area contributed by atoms with Crippen molar-refractivity contribution in [2.45, 2.75) is 58.3 Å². The molecular formula is C26H32O. The number of benzene rings is 2. The van der Waals surface area contributed by atoms with Crippen molar-refractivity contribution < 1.29 is 5.11 Å². The molecule has 0 spiro atoms. The molecule has 2 unspecified atom stereocenters. The number of rotatable bonds is 5. The van der Waals surface area contributed by atoms with E-state index in [1.165, 1.54) is 61.6 Å². The maximum Gasteiger partial charge on any atom is 0.115 e. The van der Waals surface area contributed by atoms with Crippen molar-refractivity contribution in [3.63, 3.8) is 0 Å². The zero-order chi connectivity index (χ0) is 18.6. The van der Waals surface area contributed by atoms with Crippen LogP contribution in [0.3, 0.4) is 0 Å². The lowest BCUT2D eigenvalue weighted by Crippen LogP contribution is -2.09. The van der Waals surface area contributed by atoms with Gasteiger partial charge >= 0.3 is 0 Å². The van der Waals surface area contributed by atoms with Crippen LogP contribution in [0.15, 0.2) is 60.2 Å². The SMILES string of the molecule is CC/C(=C(\c1ccccc1)c1ccc(O)cc1)C1CCC(C2CCCC2)C1. The van der Waals surface area contributed by atoms with Crippen LogP contribution in [0.1, 0.15) is 69.4 Å². The van der Waals surface area contributed by atoms with Crippen LogP contribution >= 0.6 is 0 Å². The molecule has 0 heterocycles. The molecular weight excluding hydrogens is 328 g/mol. The highest BCUT2D eigenvalue weighted by Gasteiger charge is 2.34. The minimum Gasteiger partial charge on any atom is -0.508 e. The number of allylic oxidation sites excluding steroid dienone is 1. The second-order valence-electron chi connectivity index (χ2n) is 8.48. The lowest BCUT2D eigenvalue weighted by molar-refractivity contribution is 0.340. The van der Waals surface area contributed by atoms with E-state index in [0.717, 1.165) is 18.3 Å². The minimum absolute atomic E-state index is 0.339. The fraction of sp³-hybridized carbons (Fsp3) is 0.462. The highest BCUT2D eigenvalue weighted by atomic mass is 16.3. The van der Waals surface area contributed by atoms with Gasteiger partial charge in [-0.25, -0.2) is 0 Å². The average molecular weight is 361 g/mol. The summed E-state index contributed by atoms with van der Waals surface area (Å²) >= 11 is 0. The molecule has 1 nitrogen and oxygen atoms in total. The summed E-state index contributed by atoms with van der Waals surface area (Å²) in [5.74, 6) is 2.98. The summed E-state index contributed by atoms with van der Waals surface area (Å²) in [6.07, 6.45) is 11.1. The zero-order valence-electron chi connectivity index (χ0n) is 16.5. The summed E-state index contributed by atoms with van der Waals surface area (Å²) in [5, 5.41) is 9.76. The molecule has 2 aliphatic carbocycles. The standard InChI is InChI=1S/C26H32O/c1-2-25(23-13-12-22(18-23)19-8-6-7-9-19)26(20-10-4-3-5-11-20)21-14-16-24(27)17-15-21/h3-5,10-11,14-17,19,22-23,27H,2,6-9,12-13,18H2,1H3/b26-25-. The Bertz CT molecular complexity index is 766. The van der Waals surface area contributed by atoms with E-state index >= 15 is 0 Å². The molecule has 0 amide bonds. The molecule has 142 valence electrons. The van der Waals surface area contributed by atoms with Crippen LogP contribution in [0.5, 0.6) is 5.75 Å². The first-order chi connectivity index (χ1) is 13.3. The quantitative estimate of drug-likeness (QED) is 0.597. The van der Waals surface area contributed by atoms with Crippen molar-refractivity contribution in [3.05, 3.63) is 71.3 Å². The third kappa shape index (κ3) is 3.98. The topological polar surface area (TPSA) is 20.2 Å². The van der Waals surface area contributed by atoms with Gasteiger partial charge in [-0.15, -0.1) is 0 Å². The Hall–Kier alpha value is -2.02. The first kappa shape index (κ1) is 18.3. The molecule has 1 N–H and O–H groups in total. The normalized spacial score (nSPS) is 24.2. The van der Waals surface area contributed by atoms with E-state index in [4.69, 9.17) is 0 Å². The van der Waals surface area contributed by atoms with Gasteiger partial charge in [0, 0.05) is 0 Å². The fourth-order valence-corrected chi connectivity index (χ4v) is 5.63. The van der Waals surface area contributed by atoms with E-state index < -0.39 is 0 Å². The van der Waals surface area contributed by atoms with Crippen molar-refractivity contribution in [3.8, 4) is 5.75 Å². The molecule has 4 rings (SSSR count). The molecule has 2 aromatic carbocycles. The third-order valence-corrected chi connectivity index (χ3v) is 6.95. The number of aromatic hydroxyl groups is 1. The molecule has 0 aromatic heterocycles. The highest BCUT2D eigenvalue weighted by molar-refractivity contribution is 5.82. The summed E-state index contributed by atoms with van der Waals surface area (Å²) in [5.41, 5.74) is 5.56. The van der Waals surface area contributed by atoms with Crippen molar-refractivity contribution in [1.29, 1.82) is 0 Å². The van der Waals surface area contributed by atoms with E-state index in [1.807, 2.05) is 12.1 Å². The van der Waals surface area contributed by atoms with Crippen LogP contribution in [0, 0.1) is 17.8 Å². The van der Waals surface area contributed by atoms with Gasteiger partial charge in [0.15, 0.2) is 0 Å². The Balaban J connectivity index is 1.71. The van der Waals surface area contributed by atoms with Gasteiger partial charge in [0.25, 0.3) is 0 Å². The van der Waals surface area contributed by atoms with Crippen molar-refractivity contribution in [2.75, 3.05) is 0 Å². The molecule has 2 atom stereocenters. The van der Waals surface area contributed by atoms with E-state index in [1.54, 1.807) is 5.57 Å². The summed E-state index contributed by atoms with van der Waals surface area (Å²) < 4.78 is 0. The Morgan fingerprint density at radius 2 is 1.48 bits per heavy atom. The van der Waals surface area contributed by atoms with Crippen LogP contribution in [-0.2, 0) is 0 Å². The molecule has 0 radical (unpaired) electrons. The van der Waals surface area contributed by atoms with Gasteiger partial charge in [0.1, 0.15) is 5.75 Å². The van der Waals surface area contributed by atoms with Crippen LogP contribution < -0.4 is 0 Å². The van der Waals surface area contributed by atoms with Crippen LogP contribution in [0.4, 0.5) is 0 Å². The van der Waals surface area contributed by atoms with E-state index in [-0.39, 0.29) is 0 Å². The Morgan fingerprint density at radius 3 is 2.15 bits per heavy atom. The summed E-state index contributed by atoms with van der Waals surface area (Å²) in [6, 6.07) is 18.6. The van der Waals surface area contributed by atoms with Crippen molar-refractivity contribution in [1.82, 2.24) is 0 Å². The third-order valence-electron chi connectivity index (χ3n) is 6.95. The van der Waals surface area contributed by atoms with Gasteiger partial charge in [-0.1, -0.05) is 80.6 Å². The van der Waals surface area contributed by atoms with Gasteiger partial charge in [0.05, 0.1) is 0 Å². The molecule has 0 aliphatic heterocycles. The first-order valence-corrected chi connectivity index (χ1v) is 10.8. The lowest BCUT2D eigenvalue weighted by atomic mass is 9.82. The number of phenolic OH excluding ortho intramolecular Hbond substituents is 1. The monoisotopic (exact) mass is 360 g/mol. The van der Waals surface area contributed by atoms with Gasteiger partial charge in [-0.2, -0.15) is 0 Å². The first-order valence-electron chi connectivity index (χ1n) is 10.8. The Kier molecular flexibility index (Phi) is 5.66. The summed E-state index contributed by atoms with van der Waals surface area (Å²) in [7, 11) is 0. The summed E-state index contributed by atoms with van der Waals surface area (Å²) in [6.45, 7) is 2.32. The number of phenols is 1. The van der Waals surface area contributed by atoms with Gasteiger partial charge in [-0.05, 0) is 72.3 Å². The molecule has 2 fully saturated rings. The summed E-state index contributed by atoms with van der Waals surface area (Å²) in [4.78, 5) is 0. The Labute approximate surface area is 164 Å². The fourth-order valence-electron chi connectivity index (χ4n) is 5.63. The van der Waals surface area contributed by atoms with Crippen molar-refractivity contribution >= 4 is 5.57 Å². The molecule has 0 saturated heterocycles. The molecule has 27 heavy (non-hydrogen) atoms. The predicted octanol–water partition coefficient (Wildman–Crippen LogP) is 7.21. The molecule has 2 aromatic rings. The number of hydrogen-bond acceptors (Lipinski definition) is 1. The van der Waals surface area contributed by atoms with Gasteiger partial charge in [-0.3, -0.25) is 0 Å². The van der Waals surface area contributed by atoms with Gasteiger partial charge < -0.3 is 5.11 Å². The average Bonchev–Trinajstić information content (AvgIpc) is 3.39. The van der Waals surface area contributed by atoms with E-state index in [0.29, 0.717) is 11.7 Å². The maximum absolute atomic E-state index is 9.76. The van der Waals surface area contributed by atoms with Crippen LogP contribution in [0.2, 0.25) is 0 Å². The lowest BCUT2D eigenvalue weighted by Gasteiger charge is -2.22.